The molecular weight excluding hydrogens is 352 g/mol. The van der Waals surface area contributed by atoms with E-state index in [1.807, 2.05) is 81.4 Å². The third kappa shape index (κ3) is 6.41. The van der Waals surface area contributed by atoms with Crippen LogP contribution in [0.5, 0.6) is 5.75 Å². The molecule has 2 amide bonds. The number of nitrogens with one attached hydrogen (secondary N) is 1. The zero-order valence-corrected chi connectivity index (χ0v) is 16.9. The lowest BCUT2D eigenvalue weighted by atomic mass is 10.1. The number of carbonyl (C=O) groups is 2. The predicted octanol–water partition coefficient (Wildman–Crippen LogP) is 3.79. The molecule has 0 heterocycles. The van der Waals surface area contributed by atoms with Crippen LogP contribution in [0.3, 0.4) is 0 Å². The third-order valence-corrected chi connectivity index (χ3v) is 4.69. The van der Waals surface area contributed by atoms with Crippen LogP contribution in [0.2, 0.25) is 0 Å². The van der Waals surface area contributed by atoms with Crippen molar-refractivity contribution in [2.45, 2.75) is 52.2 Å². The van der Waals surface area contributed by atoms with E-state index in [-0.39, 0.29) is 24.5 Å². The van der Waals surface area contributed by atoms with Gasteiger partial charge in [0.15, 0.2) is 6.61 Å². The first-order valence-corrected chi connectivity index (χ1v) is 9.86. The highest BCUT2D eigenvalue weighted by Gasteiger charge is 2.29. The Balaban J connectivity index is 2.16. The second-order valence-electron chi connectivity index (χ2n) is 6.85. The maximum Gasteiger partial charge on any atom is 0.261 e. The van der Waals surface area contributed by atoms with Gasteiger partial charge < -0.3 is 15.0 Å². The van der Waals surface area contributed by atoms with Gasteiger partial charge in [0.1, 0.15) is 11.8 Å². The Hall–Kier alpha value is -2.82. The molecule has 150 valence electrons. The fraction of sp³-hybridized carbons (Fsp3) is 0.391. The van der Waals surface area contributed by atoms with Crippen molar-refractivity contribution < 1.29 is 14.3 Å². The number of carbonyl (C=O) groups excluding carboxylic acids is 2. The molecule has 2 rings (SSSR count). The number of para-hydroxylation sites is 1. The van der Waals surface area contributed by atoms with Gasteiger partial charge in [-0.1, -0.05) is 62.4 Å². The summed E-state index contributed by atoms with van der Waals surface area (Å²) >= 11 is 0. The number of ether oxygens (including phenoxy) is 1. The zero-order chi connectivity index (χ0) is 20.4. The van der Waals surface area contributed by atoms with Crippen LogP contribution in [0.15, 0.2) is 60.7 Å². The third-order valence-electron chi connectivity index (χ3n) is 4.69. The van der Waals surface area contributed by atoms with E-state index in [1.54, 1.807) is 4.90 Å². The van der Waals surface area contributed by atoms with Crippen molar-refractivity contribution in [1.82, 2.24) is 10.2 Å². The summed E-state index contributed by atoms with van der Waals surface area (Å²) in [7, 11) is 0. The average Bonchev–Trinajstić information content (AvgIpc) is 2.73. The molecule has 0 saturated carbocycles. The first-order chi connectivity index (χ1) is 13.5. The first-order valence-electron chi connectivity index (χ1n) is 9.86. The van der Waals surface area contributed by atoms with Gasteiger partial charge in [0, 0.05) is 12.6 Å². The number of amides is 2. The van der Waals surface area contributed by atoms with E-state index in [1.165, 1.54) is 0 Å². The van der Waals surface area contributed by atoms with E-state index in [0.29, 0.717) is 18.7 Å². The lowest BCUT2D eigenvalue weighted by molar-refractivity contribution is -0.143. The number of nitrogens with zero attached hydrogens (tertiary/aromatic N) is 1. The lowest BCUT2D eigenvalue weighted by Gasteiger charge is -2.31. The van der Waals surface area contributed by atoms with Crippen LogP contribution < -0.4 is 10.1 Å². The molecule has 28 heavy (non-hydrogen) atoms. The standard InChI is InChI=1S/C23H30N2O3/c1-4-18(3)24-23(27)21(5-2)25(16-19-12-8-6-9-13-19)22(26)17-28-20-14-10-7-11-15-20/h6-15,18,21H,4-5,16-17H2,1-3H3,(H,24,27)/t18-,21-/m0/s1. The summed E-state index contributed by atoms with van der Waals surface area (Å²) in [5.74, 6) is 0.298. The van der Waals surface area contributed by atoms with E-state index in [0.717, 1.165) is 12.0 Å². The smallest absolute Gasteiger partial charge is 0.261 e. The van der Waals surface area contributed by atoms with E-state index >= 15 is 0 Å². The molecular formula is C23H30N2O3. The van der Waals surface area contributed by atoms with Crippen LogP contribution in [0.1, 0.15) is 39.2 Å². The average molecular weight is 383 g/mol. The van der Waals surface area contributed by atoms with Gasteiger partial charge in [-0.25, -0.2) is 0 Å². The van der Waals surface area contributed by atoms with Crippen molar-refractivity contribution >= 4 is 11.8 Å². The fourth-order valence-electron chi connectivity index (χ4n) is 2.89. The monoisotopic (exact) mass is 382 g/mol. The summed E-state index contributed by atoms with van der Waals surface area (Å²) in [4.78, 5) is 27.4. The Morgan fingerprint density at radius 2 is 1.57 bits per heavy atom. The van der Waals surface area contributed by atoms with Crippen LogP contribution in [0.25, 0.3) is 0 Å². The maximum absolute atomic E-state index is 13.0. The molecule has 0 aliphatic rings. The van der Waals surface area contributed by atoms with Gasteiger partial charge in [-0.3, -0.25) is 9.59 Å². The Bertz CT molecular complexity index is 734. The minimum Gasteiger partial charge on any atom is -0.484 e. The molecule has 0 aliphatic carbocycles. The predicted molar refractivity (Wildman–Crippen MR) is 111 cm³/mol. The Morgan fingerprint density at radius 1 is 0.964 bits per heavy atom. The molecule has 5 nitrogen and oxygen atoms in total. The Kier molecular flexibility index (Phi) is 8.53. The van der Waals surface area contributed by atoms with E-state index in [2.05, 4.69) is 5.32 Å². The summed E-state index contributed by atoms with van der Waals surface area (Å²) in [6.45, 7) is 6.16. The van der Waals surface area contributed by atoms with Crippen molar-refractivity contribution in [2.24, 2.45) is 0 Å². The SMILES string of the molecule is CC[C@H](C)NC(=O)[C@H](CC)N(Cc1ccccc1)C(=O)COc1ccccc1. The van der Waals surface area contributed by atoms with Crippen LogP contribution >= 0.6 is 0 Å². The van der Waals surface area contributed by atoms with E-state index in [9.17, 15) is 9.59 Å². The summed E-state index contributed by atoms with van der Waals surface area (Å²) in [6, 6.07) is 18.4. The molecule has 0 saturated heterocycles. The quantitative estimate of drug-likeness (QED) is 0.680. The van der Waals surface area contributed by atoms with E-state index in [4.69, 9.17) is 4.74 Å². The summed E-state index contributed by atoms with van der Waals surface area (Å²) in [6.07, 6.45) is 1.37. The van der Waals surface area contributed by atoms with Crippen molar-refractivity contribution in [1.29, 1.82) is 0 Å². The van der Waals surface area contributed by atoms with Gasteiger partial charge in [0.2, 0.25) is 5.91 Å². The first kappa shape index (κ1) is 21.5. The number of hydrogen-bond acceptors (Lipinski definition) is 3. The van der Waals surface area contributed by atoms with Crippen molar-refractivity contribution in [3.05, 3.63) is 66.2 Å². The van der Waals surface area contributed by atoms with Gasteiger partial charge in [0.05, 0.1) is 0 Å². The molecule has 0 unspecified atom stereocenters. The van der Waals surface area contributed by atoms with Gasteiger partial charge in [0.25, 0.3) is 5.91 Å². The topological polar surface area (TPSA) is 58.6 Å². The molecule has 1 N–H and O–H groups in total. The molecule has 2 aromatic rings. The minimum atomic E-state index is -0.541. The number of hydrogen-bond donors (Lipinski definition) is 1. The van der Waals surface area contributed by atoms with Gasteiger partial charge >= 0.3 is 0 Å². The van der Waals surface area contributed by atoms with Gasteiger partial charge in [-0.2, -0.15) is 0 Å². The molecule has 0 fully saturated rings. The van der Waals surface area contributed by atoms with Crippen LogP contribution in [0.4, 0.5) is 0 Å². The highest BCUT2D eigenvalue weighted by molar-refractivity contribution is 5.88. The fourth-order valence-corrected chi connectivity index (χ4v) is 2.89. The summed E-state index contributed by atoms with van der Waals surface area (Å²) in [5, 5.41) is 3.00. The minimum absolute atomic E-state index is 0.0656. The zero-order valence-electron chi connectivity index (χ0n) is 16.9. The number of rotatable bonds is 10. The number of benzene rings is 2. The van der Waals surface area contributed by atoms with E-state index < -0.39 is 6.04 Å². The molecule has 0 spiro atoms. The molecule has 0 aromatic heterocycles. The largest absolute Gasteiger partial charge is 0.484 e. The highest BCUT2D eigenvalue weighted by Crippen LogP contribution is 2.14. The van der Waals surface area contributed by atoms with Gasteiger partial charge in [-0.15, -0.1) is 0 Å². The lowest BCUT2D eigenvalue weighted by Crippen LogP contribution is -2.51. The molecule has 5 heteroatoms. The Morgan fingerprint density at radius 3 is 2.14 bits per heavy atom. The molecule has 0 aliphatic heterocycles. The Labute approximate surface area is 167 Å². The normalized spacial score (nSPS) is 12.7. The second kappa shape index (κ2) is 11.1. The van der Waals surface area contributed by atoms with Gasteiger partial charge in [-0.05, 0) is 37.5 Å². The van der Waals surface area contributed by atoms with Crippen molar-refractivity contribution in [3.63, 3.8) is 0 Å². The second-order valence-corrected chi connectivity index (χ2v) is 6.85. The summed E-state index contributed by atoms with van der Waals surface area (Å²) in [5.41, 5.74) is 0.977. The van der Waals surface area contributed by atoms with Crippen molar-refractivity contribution in [2.75, 3.05) is 6.61 Å². The van der Waals surface area contributed by atoms with Crippen LogP contribution in [0, 0.1) is 0 Å². The molecule has 2 atom stereocenters. The van der Waals surface area contributed by atoms with Crippen LogP contribution in [-0.4, -0.2) is 35.4 Å². The summed E-state index contributed by atoms with van der Waals surface area (Å²) < 4.78 is 5.64. The highest BCUT2D eigenvalue weighted by atomic mass is 16.5. The van der Waals surface area contributed by atoms with Crippen LogP contribution in [-0.2, 0) is 16.1 Å². The maximum atomic E-state index is 13.0. The molecule has 2 aromatic carbocycles. The molecule has 0 radical (unpaired) electrons. The molecule has 0 bridgehead atoms. The van der Waals surface area contributed by atoms with Crippen molar-refractivity contribution in [3.8, 4) is 5.75 Å².